The molecule has 3 aromatic rings. The molecule has 0 aliphatic heterocycles. The van der Waals surface area contributed by atoms with Gasteiger partial charge in [-0.05, 0) is 37.3 Å². The van der Waals surface area contributed by atoms with Gasteiger partial charge in [-0.25, -0.2) is 5.43 Å². The van der Waals surface area contributed by atoms with Gasteiger partial charge in [-0.15, -0.1) is 0 Å². The van der Waals surface area contributed by atoms with Crippen molar-refractivity contribution >= 4 is 33.8 Å². The standard InChI is InChI=1S/C21H18ClN3O5S/c1-14-3-5-18(6-4-14)31(27,28)30-20-16(11-17(22)12-19(20)29-2)13-24-25-21(26)15-7-9-23-10-8-15/h3-13H,1-2H3,(H,25,26). The molecule has 0 fully saturated rings. The Morgan fingerprint density at radius 3 is 2.45 bits per heavy atom. The number of hydrogen-bond acceptors (Lipinski definition) is 7. The van der Waals surface area contributed by atoms with E-state index in [0.717, 1.165) is 5.56 Å². The summed E-state index contributed by atoms with van der Waals surface area (Å²) < 4.78 is 36.1. The van der Waals surface area contributed by atoms with E-state index >= 15 is 0 Å². The first kappa shape index (κ1) is 22.3. The van der Waals surface area contributed by atoms with Gasteiger partial charge in [0.2, 0.25) is 0 Å². The predicted octanol–water partition coefficient (Wildman–Crippen LogP) is 3.58. The van der Waals surface area contributed by atoms with Crippen LogP contribution in [0.1, 0.15) is 21.5 Å². The summed E-state index contributed by atoms with van der Waals surface area (Å²) in [7, 11) is -2.81. The zero-order valence-corrected chi connectivity index (χ0v) is 18.1. The number of carbonyl (C=O) groups is 1. The molecule has 0 radical (unpaired) electrons. The molecule has 0 bridgehead atoms. The van der Waals surface area contributed by atoms with E-state index in [2.05, 4.69) is 15.5 Å². The van der Waals surface area contributed by atoms with E-state index in [1.54, 1.807) is 12.1 Å². The number of pyridine rings is 1. The van der Waals surface area contributed by atoms with Crippen molar-refractivity contribution in [2.75, 3.05) is 7.11 Å². The van der Waals surface area contributed by atoms with E-state index in [1.807, 2.05) is 6.92 Å². The number of hydrogen-bond donors (Lipinski definition) is 1. The van der Waals surface area contributed by atoms with Gasteiger partial charge in [0.1, 0.15) is 4.90 Å². The molecular weight excluding hydrogens is 442 g/mol. The Kier molecular flexibility index (Phi) is 6.88. The second kappa shape index (κ2) is 9.59. The van der Waals surface area contributed by atoms with Crippen LogP contribution in [0.15, 0.2) is 70.9 Å². The zero-order valence-electron chi connectivity index (χ0n) is 16.6. The number of halogens is 1. The van der Waals surface area contributed by atoms with Crippen molar-refractivity contribution in [3.63, 3.8) is 0 Å². The van der Waals surface area contributed by atoms with Crippen LogP contribution in [0.5, 0.6) is 11.5 Å². The fraction of sp³-hybridized carbons (Fsp3) is 0.0952. The van der Waals surface area contributed by atoms with Crippen LogP contribution in [0.2, 0.25) is 5.02 Å². The third-order valence-electron chi connectivity index (χ3n) is 4.08. The molecule has 0 atom stereocenters. The summed E-state index contributed by atoms with van der Waals surface area (Å²) in [5, 5.41) is 4.14. The summed E-state index contributed by atoms with van der Waals surface area (Å²) in [5.74, 6) is -0.498. The van der Waals surface area contributed by atoms with Gasteiger partial charge in [0, 0.05) is 34.6 Å². The van der Waals surface area contributed by atoms with Crippen molar-refractivity contribution in [3.05, 3.63) is 82.6 Å². The Labute approximate surface area is 184 Å². The molecule has 0 aliphatic carbocycles. The quantitative estimate of drug-likeness (QED) is 0.329. The number of aromatic nitrogens is 1. The maximum Gasteiger partial charge on any atom is 0.339 e. The zero-order chi connectivity index (χ0) is 22.4. The molecule has 0 saturated carbocycles. The number of rotatable bonds is 7. The first-order chi connectivity index (χ1) is 14.8. The second-order valence-corrected chi connectivity index (χ2v) is 8.29. The van der Waals surface area contributed by atoms with Gasteiger partial charge >= 0.3 is 10.1 Å². The minimum atomic E-state index is -4.16. The molecule has 0 unspecified atom stereocenters. The maximum absolute atomic E-state index is 12.8. The van der Waals surface area contributed by atoms with Gasteiger partial charge < -0.3 is 8.92 Å². The van der Waals surface area contributed by atoms with Gasteiger partial charge in [-0.3, -0.25) is 9.78 Å². The number of ether oxygens (including phenoxy) is 1. The molecule has 31 heavy (non-hydrogen) atoms. The Balaban J connectivity index is 1.91. The van der Waals surface area contributed by atoms with Crippen molar-refractivity contribution < 1.29 is 22.1 Å². The smallest absolute Gasteiger partial charge is 0.339 e. The number of aryl methyl sites for hydroxylation is 1. The molecule has 1 aromatic heterocycles. The van der Waals surface area contributed by atoms with Gasteiger partial charge in [0.05, 0.1) is 13.3 Å². The molecule has 160 valence electrons. The van der Waals surface area contributed by atoms with Crippen LogP contribution >= 0.6 is 11.6 Å². The van der Waals surface area contributed by atoms with Crippen molar-refractivity contribution in [2.45, 2.75) is 11.8 Å². The van der Waals surface area contributed by atoms with Crippen LogP contribution in [-0.2, 0) is 10.1 Å². The van der Waals surface area contributed by atoms with Crippen molar-refractivity contribution in [1.29, 1.82) is 0 Å². The number of hydrazone groups is 1. The maximum atomic E-state index is 12.8. The summed E-state index contributed by atoms with van der Waals surface area (Å²) in [6, 6.07) is 12.1. The summed E-state index contributed by atoms with van der Waals surface area (Å²) in [6.07, 6.45) is 4.16. The van der Waals surface area contributed by atoms with Crippen LogP contribution in [0.3, 0.4) is 0 Å². The lowest BCUT2D eigenvalue weighted by Gasteiger charge is -2.14. The Hall–Kier alpha value is -3.43. The van der Waals surface area contributed by atoms with E-state index in [4.69, 9.17) is 20.5 Å². The second-order valence-electron chi connectivity index (χ2n) is 6.31. The molecule has 8 nitrogen and oxygen atoms in total. The number of carbonyl (C=O) groups excluding carboxylic acids is 1. The highest BCUT2D eigenvalue weighted by Crippen LogP contribution is 2.36. The van der Waals surface area contributed by atoms with Crippen molar-refractivity contribution in [1.82, 2.24) is 10.4 Å². The van der Waals surface area contributed by atoms with Gasteiger partial charge in [-0.2, -0.15) is 13.5 Å². The Morgan fingerprint density at radius 1 is 1.13 bits per heavy atom. The number of benzene rings is 2. The van der Waals surface area contributed by atoms with Gasteiger partial charge in [-0.1, -0.05) is 29.3 Å². The summed E-state index contributed by atoms with van der Waals surface area (Å²) in [6.45, 7) is 1.84. The van der Waals surface area contributed by atoms with Crippen molar-refractivity contribution in [3.8, 4) is 11.5 Å². The summed E-state index contributed by atoms with van der Waals surface area (Å²) in [5.41, 5.74) is 3.80. The highest BCUT2D eigenvalue weighted by molar-refractivity contribution is 7.87. The van der Waals surface area contributed by atoms with Crippen LogP contribution < -0.4 is 14.3 Å². The first-order valence-electron chi connectivity index (χ1n) is 8.92. The van der Waals surface area contributed by atoms with E-state index in [0.29, 0.717) is 5.56 Å². The third-order valence-corrected chi connectivity index (χ3v) is 5.54. The molecule has 1 N–H and O–H groups in total. The molecule has 2 aromatic carbocycles. The van der Waals surface area contributed by atoms with E-state index in [1.165, 1.54) is 62.1 Å². The summed E-state index contributed by atoms with van der Waals surface area (Å²) in [4.78, 5) is 15.9. The lowest BCUT2D eigenvalue weighted by atomic mass is 10.2. The fourth-order valence-corrected chi connectivity index (χ4v) is 3.70. The minimum absolute atomic E-state index is 0.0241. The van der Waals surface area contributed by atoms with E-state index < -0.39 is 16.0 Å². The molecule has 1 heterocycles. The first-order valence-corrected chi connectivity index (χ1v) is 10.7. The number of nitrogens with zero attached hydrogens (tertiary/aromatic N) is 2. The molecule has 0 saturated heterocycles. The normalized spacial score (nSPS) is 11.3. The van der Waals surface area contributed by atoms with Crippen LogP contribution in [0.25, 0.3) is 0 Å². The highest BCUT2D eigenvalue weighted by atomic mass is 35.5. The molecular formula is C21H18ClN3O5S. The molecule has 0 spiro atoms. The third kappa shape index (κ3) is 5.59. The van der Waals surface area contributed by atoms with E-state index in [-0.39, 0.29) is 27.0 Å². The minimum Gasteiger partial charge on any atom is -0.493 e. The Morgan fingerprint density at radius 2 is 1.81 bits per heavy atom. The van der Waals surface area contributed by atoms with Crippen molar-refractivity contribution in [2.24, 2.45) is 5.10 Å². The number of nitrogens with one attached hydrogen (secondary N) is 1. The number of amides is 1. The largest absolute Gasteiger partial charge is 0.493 e. The van der Waals surface area contributed by atoms with Gasteiger partial charge in [0.15, 0.2) is 11.5 Å². The topological polar surface area (TPSA) is 107 Å². The van der Waals surface area contributed by atoms with Crippen LogP contribution in [0, 0.1) is 6.92 Å². The molecule has 10 heteroatoms. The SMILES string of the molecule is COc1cc(Cl)cc(C=NNC(=O)c2ccncc2)c1OS(=O)(=O)c1ccc(C)cc1. The molecule has 1 amide bonds. The summed E-state index contributed by atoms with van der Waals surface area (Å²) >= 11 is 6.10. The lowest BCUT2D eigenvalue weighted by Crippen LogP contribution is -2.17. The molecule has 0 aliphatic rings. The lowest BCUT2D eigenvalue weighted by molar-refractivity contribution is 0.0955. The average Bonchev–Trinajstić information content (AvgIpc) is 2.76. The number of methoxy groups -OCH3 is 1. The van der Waals surface area contributed by atoms with E-state index in [9.17, 15) is 13.2 Å². The Bertz CT molecular complexity index is 1210. The van der Waals surface area contributed by atoms with Gasteiger partial charge in [0.25, 0.3) is 5.91 Å². The van der Waals surface area contributed by atoms with Crippen LogP contribution in [-0.4, -0.2) is 32.6 Å². The average molecular weight is 460 g/mol. The van der Waals surface area contributed by atoms with Crippen LogP contribution in [0.4, 0.5) is 0 Å². The predicted molar refractivity (Wildman–Crippen MR) is 116 cm³/mol. The monoisotopic (exact) mass is 459 g/mol. The molecule has 3 rings (SSSR count). The fourth-order valence-electron chi connectivity index (χ4n) is 2.52. The highest BCUT2D eigenvalue weighted by Gasteiger charge is 2.22.